The summed E-state index contributed by atoms with van der Waals surface area (Å²) in [5.41, 5.74) is 0.903. The van der Waals surface area contributed by atoms with Crippen molar-refractivity contribution in [2.75, 3.05) is 32.8 Å². The maximum Gasteiger partial charge on any atom is 0.242 e. The number of ether oxygens (including phenoxy) is 1. The number of hydrogen-bond donors (Lipinski definition) is 1. The second kappa shape index (κ2) is 8.94. The molecule has 0 aromatic carbocycles. The number of morpholine rings is 1. The number of carbonyl (C=O) groups is 1. The van der Waals surface area contributed by atoms with Gasteiger partial charge in [-0.3, -0.25) is 19.4 Å². The molecule has 1 aliphatic rings. The van der Waals surface area contributed by atoms with Gasteiger partial charge in [-0.1, -0.05) is 17.7 Å². The Morgan fingerprint density at radius 3 is 2.88 bits per heavy atom. The third-order valence-electron chi connectivity index (χ3n) is 4.12. The van der Waals surface area contributed by atoms with Gasteiger partial charge >= 0.3 is 0 Å². The van der Waals surface area contributed by atoms with Crippen LogP contribution in [0.3, 0.4) is 0 Å². The van der Waals surface area contributed by atoms with E-state index < -0.39 is 0 Å². The van der Waals surface area contributed by atoms with Gasteiger partial charge in [-0.2, -0.15) is 5.10 Å². The van der Waals surface area contributed by atoms with Crippen molar-refractivity contribution in [3.8, 4) is 0 Å². The smallest absolute Gasteiger partial charge is 0.242 e. The van der Waals surface area contributed by atoms with Crippen LogP contribution < -0.4 is 5.32 Å². The molecule has 134 valence electrons. The van der Waals surface area contributed by atoms with Gasteiger partial charge in [-0.15, -0.1) is 0 Å². The van der Waals surface area contributed by atoms with Crippen molar-refractivity contribution in [3.63, 3.8) is 0 Å². The minimum absolute atomic E-state index is 0.00611. The van der Waals surface area contributed by atoms with Crippen LogP contribution in [-0.2, 0) is 16.1 Å². The lowest BCUT2D eigenvalue weighted by Gasteiger charge is -2.33. The number of halogens is 1. The molecule has 0 spiro atoms. The number of aromatic nitrogens is 3. The molecule has 0 aliphatic carbocycles. The van der Waals surface area contributed by atoms with E-state index in [2.05, 4.69) is 20.3 Å². The third-order valence-corrected chi connectivity index (χ3v) is 4.32. The second-order valence-electron chi connectivity index (χ2n) is 5.90. The predicted molar refractivity (Wildman–Crippen MR) is 94.2 cm³/mol. The summed E-state index contributed by atoms with van der Waals surface area (Å²) in [4.78, 5) is 19.1. The van der Waals surface area contributed by atoms with Gasteiger partial charge in [0, 0.05) is 44.8 Å². The summed E-state index contributed by atoms with van der Waals surface area (Å²) < 4.78 is 7.18. The van der Waals surface area contributed by atoms with Crippen LogP contribution in [0, 0.1) is 0 Å². The third kappa shape index (κ3) is 5.01. The quantitative estimate of drug-likeness (QED) is 0.755. The lowest BCUT2D eigenvalue weighted by Crippen LogP contribution is -2.46. The molecule has 2 aromatic rings. The molecule has 1 N–H and O–H groups in total. The van der Waals surface area contributed by atoms with Crippen LogP contribution in [-0.4, -0.2) is 58.4 Å². The fraction of sp³-hybridized carbons (Fsp3) is 0.471. The highest BCUT2D eigenvalue weighted by Gasteiger charge is 2.28. The first-order valence-corrected chi connectivity index (χ1v) is 8.79. The lowest BCUT2D eigenvalue weighted by molar-refractivity contribution is -0.128. The molecule has 1 saturated heterocycles. The molecule has 0 bridgehead atoms. The Bertz CT molecular complexity index is 673. The number of pyridine rings is 1. The Labute approximate surface area is 151 Å². The Morgan fingerprint density at radius 1 is 1.36 bits per heavy atom. The summed E-state index contributed by atoms with van der Waals surface area (Å²) in [5.74, 6) is -0.00611. The van der Waals surface area contributed by atoms with E-state index in [0.29, 0.717) is 31.3 Å². The fourth-order valence-corrected chi connectivity index (χ4v) is 3.07. The number of nitrogens with zero attached hydrogens (tertiary/aromatic N) is 4. The number of hydrogen-bond acceptors (Lipinski definition) is 5. The molecule has 25 heavy (non-hydrogen) atoms. The Balaban J connectivity index is 1.57. The number of carbonyl (C=O) groups excluding carboxylic acids is 1. The Kier molecular flexibility index (Phi) is 6.38. The number of amides is 1. The SMILES string of the molecule is O=C(NCCCn1cc(Cl)cn1)C(c1cccnc1)N1CCOCC1. The second-order valence-corrected chi connectivity index (χ2v) is 6.34. The van der Waals surface area contributed by atoms with Gasteiger partial charge in [0.05, 0.1) is 24.4 Å². The minimum atomic E-state index is -0.336. The van der Waals surface area contributed by atoms with Crippen molar-refractivity contribution >= 4 is 17.5 Å². The number of aryl methyl sites for hydroxylation is 1. The zero-order chi connectivity index (χ0) is 17.5. The Hall–Kier alpha value is -1.96. The first-order chi connectivity index (χ1) is 12.2. The first-order valence-electron chi connectivity index (χ1n) is 8.41. The molecule has 0 radical (unpaired) electrons. The molecule has 0 saturated carbocycles. The van der Waals surface area contributed by atoms with Gasteiger partial charge in [-0.25, -0.2) is 0 Å². The van der Waals surface area contributed by atoms with E-state index in [0.717, 1.165) is 25.1 Å². The standard InChI is InChI=1S/C17H22ClN5O2/c18-15-12-21-23(13-15)6-2-5-20-17(24)16(14-3-1-4-19-11-14)22-7-9-25-10-8-22/h1,3-4,11-13,16H,2,5-10H2,(H,20,24). The van der Waals surface area contributed by atoms with Gasteiger partial charge in [0.25, 0.3) is 0 Å². The summed E-state index contributed by atoms with van der Waals surface area (Å²) in [6, 6.07) is 3.47. The van der Waals surface area contributed by atoms with Gasteiger partial charge < -0.3 is 10.1 Å². The highest BCUT2D eigenvalue weighted by atomic mass is 35.5. The lowest BCUT2D eigenvalue weighted by atomic mass is 10.1. The highest BCUT2D eigenvalue weighted by Crippen LogP contribution is 2.21. The van der Waals surface area contributed by atoms with E-state index in [1.165, 1.54) is 0 Å². The summed E-state index contributed by atoms with van der Waals surface area (Å²) in [5, 5.41) is 7.78. The van der Waals surface area contributed by atoms with E-state index >= 15 is 0 Å². The maximum atomic E-state index is 12.8. The highest BCUT2D eigenvalue weighted by molar-refractivity contribution is 6.30. The predicted octanol–water partition coefficient (Wildman–Crippen LogP) is 1.51. The number of nitrogens with one attached hydrogen (secondary N) is 1. The molecule has 1 atom stereocenters. The molecule has 1 amide bonds. The molecule has 1 aliphatic heterocycles. The molecule has 8 heteroatoms. The molecular weight excluding hydrogens is 342 g/mol. The average molecular weight is 364 g/mol. The summed E-state index contributed by atoms with van der Waals surface area (Å²) >= 11 is 5.84. The summed E-state index contributed by atoms with van der Waals surface area (Å²) in [6.07, 6.45) is 7.64. The summed E-state index contributed by atoms with van der Waals surface area (Å²) in [7, 11) is 0. The van der Waals surface area contributed by atoms with Gasteiger partial charge in [0.1, 0.15) is 6.04 Å². The topological polar surface area (TPSA) is 72.3 Å². The van der Waals surface area contributed by atoms with E-state index in [1.807, 2.05) is 12.1 Å². The van der Waals surface area contributed by atoms with Gasteiger partial charge in [0.2, 0.25) is 5.91 Å². The fourth-order valence-electron chi connectivity index (χ4n) is 2.91. The van der Waals surface area contributed by atoms with Crippen molar-refractivity contribution in [2.24, 2.45) is 0 Å². The van der Waals surface area contributed by atoms with Crippen LogP contribution in [0.2, 0.25) is 5.02 Å². The monoisotopic (exact) mass is 363 g/mol. The van der Waals surface area contributed by atoms with Crippen molar-refractivity contribution in [1.82, 2.24) is 25.0 Å². The minimum Gasteiger partial charge on any atom is -0.379 e. The van der Waals surface area contributed by atoms with E-state index in [9.17, 15) is 4.79 Å². The average Bonchev–Trinajstić information content (AvgIpc) is 3.06. The molecule has 1 unspecified atom stereocenters. The zero-order valence-corrected chi connectivity index (χ0v) is 14.7. The molecule has 3 rings (SSSR count). The van der Waals surface area contributed by atoms with Crippen molar-refractivity contribution in [2.45, 2.75) is 19.0 Å². The molecular formula is C17H22ClN5O2. The normalized spacial score (nSPS) is 16.5. The molecule has 2 aromatic heterocycles. The van der Waals surface area contributed by atoms with Gasteiger partial charge in [0.15, 0.2) is 0 Å². The molecule has 1 fully saturated rings. The zero-order valence-electron chi connectivity index (χ0n) is 14.0. The maximum absolute atomic E-state index is 12.8. The van der Waals surface area contributed by atoms with E-state index in [1.54, 1.807) is 29.5 Å². The summed E-state index contributed by atoms with van der Waals surface area (Å²) in [6.45, 7) is 4.05. The van der Waals surface area contributed by atoms with Gasteiger partial charge in [-0.05, 0) is 18.1 Å². The van der Waals surface area contributed by atoms with Crippen molar-refractivity contribution in [1.29, 1.82) is 0 Å². The molecule has 3 heterocycles. The van der Waals surface area contributed by atoms with Crippen LogP contribution in [0.1, 0.15) is 18.0 Å². The van der Waals surface area contributed by atoms with Crippen molar-refractivity contribution < 1.29 is 9.53 Å². The van der Waals surface area contributed by atoms with Crippen LogP contribution in [0.15, 0.2) is 36.9 Å². The Morgan fingerprint density at radius 2 is 2.20 bits per heavy atom. The first kappa shape index (κ1) is 17.8. The van der Waals surface area contributed by atoms with E-state index in [-0.39, 0.29) is 11.9 Å². The van der Waals surface area contributed by atoms with Crippen LogP contribution in [0.4, 0.5) is 0 Å². The van der Waals surface area contributed by atoms with E-state index in [4.69, 9.17) is 16.3 Å². The van der Waals surface area contributed by atoms with Crippen LogP contribution in [0.25, 0.3) is 0 Å². The van der Waals surface area contributed by atoms with Crippen LogP contribution in [0.5, 0.6) is 0 Å². The van der Waals surface area contributed by atoms with Crippen LogP contribution >= 0.6 is 11.6 Å². The largest absolute Gasteiger partial charge is 0.379 e. The molecule has 7 nitrogen and oxygen atoms in total. The number of rotatable bonds is 7. The van der Waals surface area contributed by atoms with Crippen molar-refractivity contribution in [3.05, 3.63) is 47.5 Å².